The molecule has 0 aromatic heterocycles. The molecule has 2 aromatic carbocycles. The molecule has 1 heterocycles. The molecule has 2 N–H and O–H groups in total. The highest BCUT2D eigenvalue weighted by Gasteiger charge is 2.20. The zero-order chi connectivity index (χ0) is 15.0. The lowest BCUT2D eigenvalue weighted by molar-refractivity contribution is 0.0600. The minimum absolute atomic E-state index is 0.269. The van der Waals surface area contributed by atoms with Crippen LogP contribution in [-0.4, -0.2) is 19.0 Å². The Morgan fingerprint density at radius 3 is 2.62 bits per heavy atom. The van der Waals surface area contributed by atoms with Gasteiger partial charge < -0.3 is 15.4 Å². The van der Waals surface area contributed by atoms with Gasteiger partial charge in [-0.3, -0.25) is 4.79 Å². The van der Waals surface area contributed by atoms with Crippen LogP contribution in [0.3, 0.4) is 0 Å². The summed E-state index contributed by atoms with van der Waals surface area (Å²) in [5.41, 5.74) is 2.65. The lowest BCUT2D eigenvalue weighted by Crippen LogP contribution is -2.11. The van der Waals surface area contributed by atoms with Crippen LogP contribution in [0.4, 0.5) is 17.1 Å². The third kappa shape index (κ3) is 2.43. The Kier molecular flexibility index (Phi) is 3.27. The van der Waals surface area contributed by atoms with Crippen LogP contribution < -0.4 is 10.6 Å². The third-order valence-corrected chi connectivity index (χ3v) is 3.42. The van der Waals surface area contributed by atoms with Crippen LogP contribution in [0.15, 0.2) is 36.4 Å². The number of carbonyl (C=O) groups excluding carboxylic acids is 2. The van der Waals surface area contributed by atoms with Crippen LogP contribution in [0, 0.1) is 0 Å². The molecule has 6 heteroatoms. The van der Waals surface area contributed by atoms with E-state index in [0.717, 1.165) is 0 Å². The number of hydrogen-bond acceptors (Lipinski definition) is 4. The molecule has 0 aliphatic carbocycles. The first-order valence-corrected chi connectivity index (χ1v) is 6.56. The van der Waals surface area contributed by atoms with Gasteiger partial charge in [-0.25, -0.2) is 4.79 Å². The first-order chi connectivity index (χ1) is 10.1. The molecule has 0 spiro atoms. The maximum atomic E-state index is 12.2. The average Bonchev–Trinajstić information content (AvgIpc) is 2.61. The van der Waals surface area contributed by atoms with Gasteiger partial charge in [-0.05, 0) is 36.4 Å². The van der Waals surface area contributed by atoms with Crippen molar-refractivity contribution in [3.05, 3.63) is 52.5 Å². The summed E-state index contributed by atoms with van der Waals surface area (Å²) in [5, 5.41) is 6.43. The largest absolute Gasteiger partial charge is 0.465 e. The van der Waals surface area contributed by atoms with E-state index in [1.54, 1.807) is 36.4 Å². The SMILES string of the molecule is COC(=O)c1ccc2c(c1)NC(=O)c1ccc(Cl)cc1N2. The molecular weight excluding hydrogens is 292 g/mol. The van der Waals surface area contributed by atoms with Gasteiger partial charge in [0.2, 0.25) is 0 Å². The lowest BCUT2D eigenvalue weighted by Gasteiger charge is -2.10. The van der Waals surface area contributed by atoms with E-state index in [0.29, 0.717) is 33.2 Å². The fraction of sp³-hybridized carbons (Fsp3) is 0.0667. The van der Waals surface area contributed by atoms with Crippen molar-refractivity contribution in [3.8, 4) is 0 Å². The highest BCUT2D eigenvalue weighted by molar-refractivity contribution is 6.31. The Bertz CT molecular complexity index is 759. The number of benzene rings is 2. The number of fused-ring (bicyclic) bond motifs is 2. The number of nitrogens with one attached hydrogen (secondary N) is 2. The first-order valence-electron chi connectivity index (χ1n) is 6.19. The van der Waals surface area contributed by atoms with Gasteiger partial charge >= 0.3 is 5.97 Å². The van der Waals surface area contributed by atoms with E-state index in [4.69, 9.17) is 11.6 Å². The van der Waals surface area contributed by atoms with Crippen LogP contribution in [-0.2, 0) is 4.74 Å². The number of methoxy groups -OCH3 is 1. The predicted octanol–water partition coefficient (Wildman–Crippen LogP) is 3.44. The average molecular weight is 303 g/mol. The molecule has 2 aromatic rings. The smallest absolute Gasteiger partial charge is 0.337 e. The zero-order valence-corrected chi connectivity index (χ0v) is 11.8. The van der Waals surface area contributed by atoms with Gasteiger partial charge in [0.05, 0.1) is 35.3 Å². The second-order valence-corrected chi connectivity index (χ2v) is 4.96. The summed E-state index contributed by atoms with van der Waals surface area (Å²) >= 11 is 5.96. The van der Waals surface area contributed by atoms with Crippen molar-refractivity contribution < 1.29 is 14.3 Å². The predicted molar refractivity (Wildman–Crippen MR) is 80.5 cm³/mol. The molecule has 0 unspecified atom stereocenters. The van der Waals surface area contributed by atoms with Gasteiger partial charge in [-0.2, -0.15) is 0 Å². The maximum Gasteiger partial charge on any atom is 0.337 e. The highest BCUT2D eigenvalue weighted by Crippen LogP contribution is 2.34. The lowest BCUT2D eigenvalue weighted by atomic mass is 10.1. The van der Waals surface area contributed by atoms with Gasteiger partial charge in [0.15, 0.2) is 0 Å². The zero-order valence-electron chi connectivity index (χ0n) is 11.1. The van der Waals surface area contributed by atoms with Crippen LogP contribution in [0.5, 0.6) is 0 Å². The van der Waals surface area contributed by atoms with Crippen molar-refractivity contribution in [2.75, 3.05) is 17.7 Å². The van der Waals surface area contributed by atoms with E-state index in [1.165, 1.54) is 7.11 Å². The standard InChI is InChI=1S/C15H11ClN2O3/c1-21-15(20)8-2-5-11-13(6-8)18-14(19)10-4-3-9(16)7-12(10)17-11/h2-7,17H,1H3,(H,18,19). The van der Waals surface area contributed by atoms with Crippen LogP contribution >= 0.6 is 11.6 Å². The monoisotopic (exact) mass is 302 g/mol. The molecule has 0 saturated carbocycles. The fourth-order valence-electron chi connectivity index (χ4n) is 2.15. The van der Waals surface area contributed by atoms with E-state index in [2.05, 4.69) is 15.4 Å². The third-order valence-electron chi connectivity index (χ3n) is 3.18. The summed E-state index contributed by atoms with van der Waals surface area (Å²) in [4.78, 5) is 23.8. The second-order valence-electron chi connectivity index (χ2n) is 4.52. The Labute approximate surface area is 125 Å². The molecule has 0 radical (unpaired) electrons. The van der Waals surface area contributed by atoms with Gasteiger partial charge in [0.25, 0.3) is 5.91 Å². The number of ether oxygens (including phenoxy) is 1. The highest BCUT2D eigenvalue weighted by atomic mass is 35.5. The number of halogens is 1. The summed E-state index contributed by atoms with van der Waals surface area (Å²) in [6.07, 6.45) is 0. The van der Waals surface area contributed by atoms with Crippen LogP contribution in [0.2, 0.25) is 5.02 Å². The molecule has 3 rings (SSSR count). The normalized spacial score (nSPS) is 12.4. The first kappa shape index (κ1) is 13.5. The van der Waals surface area contributed by atoms with Crippen LogP contribution in [0.25, 0.3) is 0 Å². The summed E-state index contributed by atoms with van der Waals surface area (Å²) in [6, 6.07) is 9.88. The van der Waals surface area contributed by atoms with Gasteiger partial charge in [-0.15, -0.1) is 0 Å². The summed E-state index contributed by atoms with van der Waals surface area (Å²) in [5.74, 6) is -0.730. The maximum absolute atomic E-state index is 12.2. The van der Waals surface area contributed by atoms with Crippen molar-refractivity contribution in [3.63, 3.8) is 0 Å². The van der Waals surface area contributed by atoms with E-state index in [-0.39, 0.29) is 5.91 Å². The van der Waals surface area contributed by atoms with Gasteiger partial charge in [0.1, 0.15) is 0 Å². The molecular formula is C15H11ClN2O3. The number of hydrogen-bond donors (Lipinski definition) is 2. The molecule has 1 amide bonds. The molecule has 0 fully saturated rings. The minimum Gasteiger partial charge on any atom is -0.465 e. The van der Waals surface area contributed by atoms with Gasteiger partial charge in [-0.1, -0.05) is 11.6 Å². The molecule has 1 aliphatic heterocycles. The molecule has 5 nitrogen and oxygen atoms in total. The van der Waals surface area contributed by atoms with Crippen molar-refractivity contribution in [2.24, 2.45) is 0 Å². The minimum atomic E-state index is -0.461. The molecule has 106 valence electrons. The number of amides is 1. The summed E-state index contributed by atoms with van der Waals surface area (Å²) < 4.78 is 4.67. The molecule has 21 heavy (non-hydrogen) atoms. The summed E-state index contributed by atoms with van der Waals surface area (Å²) in [7, 11) is 1.31. The Balaban J connectivity index is 2.08. The number of rotatable bonds is 1. The van der Waals surface area contributed by atoms with E-state index in [1.807, 2.05) is 0 Å². The molecule has 0 saturated heterocycles. The topological polar surface area (TPSA) is 67.4 Å². The number of anilines is 3. The van der Waals surface area contributed by atoms with E-state index < -0.39 is 5.97 Å². The van der Waals surface area contributed by atoms with Crippen molar-refractivity contribution in [2.45, 2.75) is 0 Å². The van der Waals surface area contributed by atoms with Crippen molar-refractivity contribution >= 4 is 40.5 Å². The molecule has 1 aliphatic rings. The quantitative estimate of drug-likeness (QED) is 0.792. The van der Waals surface area contributed by atoms with Crippen LogP contribution in [0.1, 0.15) is 20.7 Å². The Hall–Kier alpha value is -2.53. The Morgan fingerprint density at radius 2 is 1.86 bits per heavy atom. The van der Waals surface area contributed by atoms with E-state index >= 15 is 0 Å². The molecule has 0 atom stereocenters. The number of esters is 1. The summed E-state index contributed by atoms with van der Waals surface area (Å²) in [6.45, 7) is 0. The Morgan fingerprint density at radius 1 is 1.05 bits per heavy atom. The number of carbonyl (C=O) groups is 2. The fourth-order valence-corrected chi connectivity index (χ4v) is 2.33. The van der Waals surface area contributed by atoms with E-state index in [9.17, 15) is 9.59 Å². The van der Waals surface area contributed by atoms with Crippen molar-refractivity contribution in [1.29, 1.82) is 0 Å². The van der Waals surface area contributed by atoms with Crippen molar-refractivity contribution in [1.82, 2.24) is 0 Å². The molecule has 0 bridgehead atoms. The second kappa shape index (κ2) is 5.10. The van der Waals surface area contributed by atoms with Gasteiger partial charge in [0, 0.05) is 5.02 Å².